The van der Waals surface area contributed by atoms with Crippen LogP contribution in [0.2, 0.25) is 0 Å². The van der Waals surface area contributed by atoms with E-state index in [2.05, 4.69) is 11.4 Å². The van der Waals surface area contributed by atoms with Crippen LogP contribution in [0.4, 0.5) is 0 Å². The number of nitrogens with zero attached hydrogens (tertiary/aromatic N) is 3. The van der Waals surface area contributed by atoms with Gasteiger partial charge in [0.15, 0.2) is 0 Å². The molecule has 0 radical (unpaired) electrons. The second kappa shape index (κ2) is 9.31. The Hall–Kier alpha value is -3.85. The van der Waals surface area contributed by atoms with E-state index in [4.69, 9.17) is 9.84 Å². The van der Waals surface area contributed by atoms with E-state index in [0.717, 1.165) is 42.7 Å². The van der Waals surface area contributed by atoms with Crippen molar-refractivity contribution < 1.29 is 9.53 Å². The first-order valence-corrected chi connectivity index (χ1v) is 10.4. The van der Waals surface area contributed by atoms with Gasteiger partial charge in [0.25, 0.3) is 5.91 Å². The Morgan fingerprint density at radius 2 is 1.87 bits per heavy atom. The lowest BCUT2D eigenvalue weighted by Gasteiger charge is -2.10. The zero-order valence-electron chi connectivity index (χ0n) is 17.4. The van der Waals surface area contributed by atoms with Crippen molar-refractivity contribution in [2.75, 3.05) is 7.11 Å². The molecule has 3 aromatic rings. The molecule has 1 N–H and O–H groups in total. The van der Waals surface area contributed by atoms with Gasteiger partial charge in [0, 0.05) is 23.4 Å². The number of para-hydroxylation sites is 1. The van der Waals surface area contributed by atoms with Gasteiger partial charge in [0.2, 0.25) is 0 Å². The maximum Gasteiger partial charge on any atom is 0.262 e. The molecule has 1 amide bonds. The second-order valence-corrected chi connectivity index (χ2v) is 7.57. The van der Waals surface area contributed by atoms with Crippen molar-refractivity contribution in [1.82, 2.24) is 15.1 Å². The van der Waals surface area contributed by atoms with E-state index in [-0.39, 0.29) is 17.5 Å². The van der Waals surface area contributed by atoms with Gasteiger partial charge in [0.05, 0.1) is 18.5 Å². The number of aromatic nitrogens is 2. The van der Waals surface area contributed by atoms with Gasteiger partial charge >= 0.3 is 0 Å². The summed E-state index contributed by atoms with van der Waals surface area (Å²) < 4.78 is 7.01. The van der Waals surface area contributed by atoms with Crippen LogP contribution in [0.25, 0.3) is 23.0 Å². The van der Waals surface area contributed by atoms with Crippen LogP contribution < -0.4 is 10.1 Å². The first-order chi connectivity index (χ1) is 15.2. The monoisotopic (exact) mass is 412 g/mol. The van der Waals surface area contributed by atoms with Gasteiger partial charge in [-0.25, -0.2) is 4.68 Å². The van der Waals surface area contributed by atoms with Crippen molar-refractivity contribution >= 4 is 12.0 Å². The standard InChI is InChI=1S/C25H24N4O2/c1-31-23-13-11-18(12-14-23)24-20(17-29(28-24)22-9-3-2-4-10-22)15-19(16-26)25(30)27-21-7-5-6-8-21/h2-4,9-15,17,21H,5-8H2,1H3,(H,27,30)/b19-15-. The fraction of sp³-hybridized carbons (Fsp3) is 0.240. The van der Waals surface area contributed by atoms with Gasteiger partial charge in [-0.1, -0.05) is 31.0 Å². The number of hydrogen-bond donors (Lipinski definition) is 1. The molecule has 1 aliphatic rings. The molecule has 1 saturated carbocycles. The zero-order valence-corrected chi connectivity index (χ0v) is 17.4. The van der Waals surface area contributed by atoms with Crippen LogP contribution in [0.15, 0.2) is 66.4 Å². The Balaban J connectivity index is 1.73. The van der Waals surface area contributed by atoms with Gasteiger partial charge in [-0.15, -0.1) is 0 Å². The topological polar surface area (TPSA) is 79.9 Å². The highest BCUT2D eigenvalue weighted by molar-refractivity contribution is 6.02. The molecule has 0 spiro atoms. The average molecular weight is 412 g/mol. The van der Waals surface area contributed by atoms with Crippen molar-refractivity contribution in [3.63, 3.8) is 0 Å². The summed E-state index contributed by atoms with van der Waals surface area (Å²) in [6.07, 6.45) is 7.62. The molecule has 1 aliphatic carbocycles. The minimum Gasteiger partial charge on any atom is -0.497 e. The normalized spacial score (nSPS) is 14.3. The van der Waals surface area contributed by atoms with Gasteiger partial charge in [0.1, 0.15) is 17.4 Å². The van der Waals surface area contributed by atoms with E-state index in [1.54, 1.807) is 17.9 Å². The summed E-state index contributed by atoms with van der Waals surface area (Å²) >= 11 is 0. The summed E-state index contributed by atoms with van der Waals surface area (Å²) in [7, 11) is 1.62. The van der Waals surface area contributed by atoms with Crippen LogP contribution in [0.1, 0.15) is 31.2 Å². The lowest BCUT2D eigenvalue weighted by atomic mass is 10.1. The molecule has 4 rings (SSSR count). The number of nitrogens with one attached hydrogen (secondary N) is 1. The number of rotatable bonds is 6. The SMILES string of the molecule is COc1ccc(-c2nn(-c3ccccc3)cc2/C=C(/C#N)C(=O)NC2CCCC2)cc1. The third kappa shape index (κ3) is 4.67. The number of amides is 1. The molecular weight excluding hydrogens is 388 g/mol. The van der Waals surface area contributed by atoms with Crippen LogP contribution in [0, 0.1) is 11.3 Å². The smallest absolute Gasteiger partial charge is 0.262 e. The van der Waals surface area contributed by atoms with Crippen LogP contribution in [-0.4, -0.2) is 28.8 Å². The summed E-state index contributed by atoms with van der Waals surface area (Å²) in [5.41, 5.74) is 3.23. The Morgan fingerprint density at radius 3 is 2.52 bits per heavy atom. The number of methoxy groups -OCH3 is 1. The predicted octanol–water partition coefficient (Wildman–Crippen LogP) is 4.51. The number of hydrogen-bond acceptors (Lipinski definition) is 4. The van der Waals surface area contributed by atoms with Crippen molar-refractivity contribution in [1.29, 1.82) is 5.26 Å². The molecule has 1 fully saturated rings. The van der Waals surface area contributed by atoms with Crippen molar-refractivity contribution in [3.8, 4) is 28.8 Å². The van der Waals surface area contributed by atoms with Gasteiger partial charge < -0.3 is 10.1 Å². The molecule has 6 nitrogen and oxygen atoms in total. The quantitative estimate of drug-likeness (QED) is 0.477. The number of carbonyl (C=O) groups excluding carboxylic acids is 1. The minimum atomic E-state index is -0.331. The largest absolute Gasteiger partial charge is 0.497 e. The molecule has 1 aromatic heterocycles. The summed E-state index contributed by atoms with van der Waals surface area (Å²) in [6.45, 7) is 0. The van der Waals surface area contributed by atoms with E-state index in [1.807, 2.05) is 60.8 Å². The summed E-state index contributed by atoms with van der Waals surface area (Å²) in [5.74, 6) is 0.416. The Labute approximate surface area is 181 Å². The fourth-order valence-electron chi connectivity index (χ4n) is 3.82. The number of nitriles is 1. The third-order valence-corrected chi connectivity index (χ3v) is 5.48. The Morgan fingerprint density at radius 1 is 1.16 bits per heavy atom. The van der Waals surface area contributed by atoms with Crippen molar-refractivity contribution in [2.24, 2.45) is 0 Å². The number of benzene rings is 2. The van der Waals surface area contributed by atoms with E-state index < -0.39 is 0 Å². The summed E-state index contributed by atoms with van der Waals surface area (Å²) in [4.78, 5) is 12.7. The molecule has 0 aliphatic heterocycles. The molecule has 0 saturated heterocycles. The molecule has 2 aromatic carbocycles. The van der Waals surface area contributed by atoms with Gasteiger partial charge in [-0.2, -0.15) is 10.4 Å². The summed E-state index contributed by atoms with van der Waals surface area (Å²) in [6, 6.07) is 19.5. The van der Waals surface area contributed by atoms with E-state index >= 15 is 0 Å². The van der Waals surface area contributed by atoms with E-state index in [9.17, 15) is 10.1 Å². The number of ether oxygens (including phenoxy) is 1. The van der Waals surface area contributed by atoms with Crippen molar-refractivity contribution in [3.05, 3.63) is 71.9 Å². The molecular formula is C25H24N4O2. The minimum absolute atomic E-state index is 0.0780. The molecule has 6 heteroatoms. The van der Waals surface area contributed by atoms with Crippen LogP contribution in [0.3, 0.4) is 0 Å². The predicted molar refractivity (Wildman–Crippen MR) is 120 cm³/mol. The highest BCUT2D eigenvalue weighted by Gasteiger charge is 2.20. The van der Waals surface area contributed by atoms with Gasteiger partial charge in [-0.3, -0.25) is 4.79 Å². The lowest BCUT2D eigenvalue weighted by Crippen LogP contribution is -2.33. The average Bonchev–Trinajstić information content (AvgIpc) is 3.48. The van der Waals surface area contributed by atoms with Crippen LogP contribution >= 0.6 is 0 Å². The molecule has 0 unspecified atom stereocenters. The van der Waals surface area contributed by atoms with Crippen molar-refractivity contribution in [2.45, 2.75) is 31.7 Å². The highest BCUT2D eigenvalue weighted by Crippen LogP contribution is 2.27. The first kappa shape index (κ1) is 20.4. The molecule has 0 atom stereocenters. The fourth-order valence-corrected chi connectivity index (χ4v) is 3.82. The zero-order chi connectivity index (χ0) is 21.6. The van der Waals surface area contributed by atoms with Gasteiger partial charge in [-0.05, 0) is 55.3 Å². The highest BCUT2D eigenvalue weighted by atomic mass is 16.5. The maximum absolute atomic E-state index is 12.7. The Kier molecular flexibility index (Phi) is 6.13. The van der Waals surface area contributed by atoms with E-state index in [0.29, 0.717) is 11.3 Å². The molecule has 0 bridgehead atoms. The molecule has 1 heterocycles. The molecule has 156 valence electrons. The maximum atomic E-state index is 12.7. The molecule has 31 heavy (non-hydrogen) atoms. The van der Waals surface area contributed by atoms with Crippen LogP contribution in [-0.2, 0) is 4.79 Å². The Bertz CT molecular complexity index is 1120. The summed E-state index contributed by atoms with van der Waals surface area (Å²) in [5, 5.41) is 17.4. The lowest BCUT2D eigenvalue weighted by molar-refractivity contribution is -0.117. The van der Waals surface area contributed by atoms with E-state index in [1.165, 1.54) is 0 Å². The van der Waals surface area contributed by atoms with Crippen LogP contribution in [0.5, 0.6) is 5.75 Å². The third-order valence-electron chi connectivity index (χ3n) is 5.48. The first-order valence-electron chi connectivity index (χ1n) is 10.4. The second-order valence-electron chi connectivity index (χ2n) is 7.57. The number of carbonyl (C=O) groups is 1.